The molecule has 25 heavy (non-hydrogen) atoms. The Bertz CT molecular complexity index is 878. The van der Waals surface area contributed by atoms with E-state index in [0.29, 0.717) is 5.76 Å². The maximum Gasteiger partial charge on any atom is 0.287 e. The highest BCUT2D eigenvalue weighted by atomic mass is 16.5. The number of fused-ring (bicyclic) bond motifs is 1. The molecule has 0 spiro atoms. The fraction of sp³-hybridized carbons (Fsp3) is 0.286. The minimum atomic E-state index is -0.191. The second kappa shape index (κ2) is 7.01. The minimum absolute atomic E-state index is 0.106. The molecule has 130 valence electrons. The number of hydrogen-bond donors (Lipinski definition) is 1. The fourth-order valence-electron chi connectivity index (χ4n) is 3.04. The smallest absolute Gasteiger partial charge is 0.287 e. The Kier molecular flexibility index (Phi) is 4.79. The number of benzene rings is 2. The summed E-state index contributed by atoms with van der Waals surface area (Å²) in [7, 11) is 1.64. The quantitative estimate of drug-likeness (QED) is 0.722. The van der Waals surface area contributed by atoms with E-state index in [1.807, 2.05) is 55.5 Å². The van der Waals surface area contributed by atoms with Crippen LogP contribution in [0.15, 0.2) is 52.9 Å². The monoisotopic (exact) mass is 337 g/mol. The molecule has 1 amide bonds. The first-order valence-electron chi connectivity index (χ1n) is 8.44. The van der Waals surface area contributed by atoms with E-state index in [4.69, 9.17) is 9.15 Å². The predicted molar refractivity (Wildman–Crippen MR) is 99.0 cm³/mol. The van der Waals surface area contributed by atoms with Gasteiger partial charge in [-0.3, -0.25) is 4.79 Å². The molecule has 0 saturated heterocycles. The maximum absolute atomic E-state index is 12.8. The predicted octanol–water partition coefficient (Wildman–Crippen LogP) is 4.88. The van der Waals surface area contributed by atoms with Gasteiger partial charge in [-0.15, -0.1) is 0 Å². The zero-order valence-electron chi connectivity index (χ0n) is 15.0. The zero-order valence-corrected chi connectivity index (χ0v) is 15.0. The van der Waals surface area contributed by atoms with Gasteiger partial charge < -0.3 is 14.5 Å². The van der Waals surface area contributed by atoms with Crippen LogP contribution in [0.25, 0.3) is 11.0 Å². The molecule has 0 aliphatic rings. The summed E-state index contributed by atoms with van der Waals surface area (Å²) in [5.74, 6) is 1.22. The van der Waals surface area contributed by atoms with Crippen molar-refractivity contribution in [3.63, 3.8) is 0 Å². The lowest BCUT2D eigenvalue weighted by atomic mass is 9.95. The summed E-state index contributed by atoms with van der Waals surface area (Å²) in [4.78, 5) is 12.8. The lowest BCUT2D eigenvalue weighted by Crippen LogP contribution is -2.31. The average molecular weight is 337 g/mol. The van der Waals surface area contributed by atoms with Gasteiger partial charge in [0.25, 0.3) is 5.91 Å². The van der Waals surface area contributed by atoms with Crippen molar-refractivity contribution in [1.82, 2.24) is 5.32 Å². The molecule has 1 atom stereocenters. The molecule has 1 heterocycles. The van der Waals surface area contributed by atoms with Gasteiger partial charge in [0, 0.05) is 10.9 Å². The van der Waals surface area contributed by atoms with Crippen LogP contribution in [0, 0.1) is 12.8 Å². The SMILES string of the molecule is COc1ccc([C@H](NC(=O)c2oc3ccccc3c2C)C(C)C)cc1. The van der Waals surface area contributed by atoms with Crippen LogP contribution in [0.4, 0.5) is 0 Å². The van der Waals surface area contributed by atoms with Gasteiger partial charge in [0.2, 0.25) is 0 Å². The van der Waals surface area contributed by atoms with Crippen LogP contribution in [0.5, 0.6) is 5.75 Å². The van der Waals surface area contributed by atoms with Gasteiger partial charge in [0.15, 0.2) is 5.76 Å². The summed E-state index contributed by atoms with van der Waals surface area (Å²) < 4.78 is 11.0. The summed E-state index contributed by atoms with van der Waals surface area (Å²) in [6.07, 6.45) is 0. The third-order valence-electron chi connectivity index (χ3n) is 4.48. The van der Waals surface area contributed by atoms with Crippen LogP contribution in [-0.2, 0) is 0 Å². The molecular formula is C21H23NO3. The Labute approximate surface area is 147 Å². The van der Waals surface area contributed by atoms with Crippen molar-refractivity contribution in [2.75, 3.05) is 7.11 Å². The number of carbonyl (C=O) groups is 1. The second-order valence-corrected chi connectivity index (χ2v) is 6.52. The van der Waals surface area contributed by atoms with Crippen LogP contribution in [0.1, 0.15) is 41.6 Å². The second-order valence-electron chi connectivity index (χ2n) is 6.52. The van der Waals surface area contributed by atoms with Crippen LogP contribution < -0.4 is 10.1 Å². The summed E-state index contributed by atoms with van der Waals surface area (Å²) in [6, 6.07) is 15.4. The lowest BCUT2D eigenvalue weighted by molar-refractivity contribution is 0.0898. The number of furan rings is 1. The van der Waals surface area contributed by atoms with Crippen molar-refractivity contribution in [1.29, 1.82) is 0 Å². The van der Waals surface area contributed by atoms with E-state index >= 15 is 0 Å². The van der Waals surface area contributed by atoms with Gasteiger partial charge in [-0.1, -0.05) is 44.2 Å². The van der Waals surface area contributed by atoms with Crippen molar-refractivity contribution in [3.8, 4) is 5.75 Å². The summed E-state index contributed by atoms with van der Waals surface area (Å²) in [5.41, 5.74) is 2.64. The van der Waals surface area contributed by atoms with E-state index in [1.54, 1.807) is 7.11 Å². The highest BCUT2D eigenvalue weighted by molar-refractivity contribution is 5.99. The van der Waals surface area contributed by atoms with E-state index in [-0.39, 0.29) is 17.9 Å². The van der Waals surface area contributed by atoms with Crippen LogP contribution in [0.2, 0.25) is 0 Å². The number of nitrogens with one attached hydrogen (secondary N) is 1. The molecule has 3 aromatic rings. The molecule has 3 rings (SSSR count). The molecular weight excluding hydrogens is 314 g/mol. The first-order valence-corrected chi connectivity index (χ1v) is 8.44. The number of aryl methyl sites for hydroxylation is 1. The van der Waals surface area contributed by atoms with Gasteiger partial charge in [-0.2, -0.15) is 0 Å². The highest BCUT2D eigenvalue weighted by Crippen LogP contribution is 2.28. The standard InChI is InChI=1S/C21H23NO3/c1-13(2)19(15-9-11-16(24-4)12-10-15)22-21(23)20-14(3)17-7-5-6-8-18(17)25-20/h5-13,19H,1-4H3,(H,22,23)/t19-/m1/s1. The number of para-hydroxylation sites is 1. The number of rotatable bonds is 5. The zero-order chi connectivity index (χ0) is 18.0. The Hall–Kier alpha value is -2.75. The number of amides is 1. The molecule has 1 N–H and O–H groups in total. The van der Waals surface area contributed by atoms with Gasteiger partial charge in [0.1, 0.15) is 11.3 Å². The fourth-order valence-corrected chi connectivity index (χ4v) is 3.04. The number of carbonyl (C=O) groups excluding carboxylic acids is 1. The third-order valence-corrected chi connectivity index (χ3v) is 4.48. The van der Waals surface area contributed by atoms with Crippen molar-refractivity contribution in [3.05, 3.63) is 65.4 Å². The minimum Gasteiger partial charge on any atom is -0.497 e. The Morgan fingerprint density at radius 1 is 1.08 bits per heavy atom. The van der Waals surface area contributed by atoms with Crippen LogP contribution in [-0.4, -0.2) is 13.0 Å². The van der Waals surface area contributed by atoms with Gasteiger partial charge >= 0.3 is 0 Å². The molecule has 4 nitrogen and oxygen atoms in total. The topological polar surface area (TPSA) is 51.5 Å². The normalized spacial score (nSPS) is 12.4. The summed E-state index contributed by atoms with van der Waals surface area (Å²) in [6.45, 7) is 6.08. The third kappa shape index (κ3) is 3.38. The molecule has 0 saturated carbocycles. The Balaban J connectivity index is 1.88. The van der Waals surface area contributed by atoms with Gasteiger partial charge in [-0.05, 0) is 36.6 Å². The van der Waals surface area contributed by atoms with Crippen molar-refractivity contribution >= 4 is 16.9 Å². The molecule has 1 aromatic heterocycles. The van der Waals surface area contributed by atoms with Crippen molar-refractivity contribution in [2.45, 2.75) is 26.8 Å². The molecule has 0 aliphatic carbocycles. The van der Waals surface area contributed by atoms with E-state index < -0.39 is 0 Å². The van der Waals surface area contributed by atoms with Gasteiger partial charge in [-0.25, -0.2) is 0 Å². The van der Waals surface area contributed by atoms with E-state index in [1.165, 1.54) is 0 Å². The summed E-state index contributed by atoms with van der Waals surface area (Å²) in [5, 5.41) is 4.09. The molecule has 0 aliphatic heterocycles. The van der Waals surface area contributed by atoms with Crippen molar-refractivity contribution < 1.29 is 13.9 Å². The molecule has 0 bridgehead atoms. The van der Waals surface area contributed by atoms with Crippen molar-refractivity contribution in [2.24, 2.45) is 5.92 Å². The first kappa shape index (κ1) is 17.1. The average Bonchev–Trinajstić information content (AvgIpc) is 2.97. The van der Waals surface area contributed by atoms with E-state index in [9.17, 15) is 4.79 Å². The number of methoxy groups -OCH3 is 1. The number of ether oxygens (including phenoxy) is 1. The van der Waals surface area contributed by atoms with Gasteiger partial charge in [0.05, 0.1) is 13.2 Å². The van der Waals surface area contributed by atoms with E-state index in [2.05, 4.69) is 19.2 Å². The molecule has 0 radical (unpaired) electrons. The highest BCUT2D eigenvalue weighted by Gasteiger charge is 2.23. The lowest BCUT2D eigenvalue weighted by Gasteiger charge is -2.22. The number of hydrogen-bond acceptors (Lipinski definition) is 3. The summed E-state index contributed by atoms with van der Waals surface area (Å²) >= 11 is 0. The van der Waals surface area contributed by atoms with E-state index in [0.717, 1.165) is 27.8 Å². The maximum atomic E-state index is 12.8. The molecule has 2 aromatic carbocycles. The first-order chi connectivity index (χ1) is 12.0. The Morgan fingerprint density at radius 3 is 2.36 bits per heavy atom. The van der Waals surface area contributed by atoms with Crippen LogP contribution in [0.3, 0.4) is 0 Å². The molecule has 4 heteroatoms. The molecule has 0 fully saturated rings. The largest absolute Gasteiger partial charge is 0.497 e. The van der Waals surface area contributed by atoms with Crippen LogP contribution >= 0.6 is 0 Å². The molecule has 0 unspecified atom stereocenters. The Morgan fingerprint density at radius 2 is 1.76 bits per heavy atom.